The molecule has 0 aromatic heterocycles. The van der Waals surface area contributed by atoms with Crippen LogP contribution in [-0.4, -0.2) is 42.2 Å². The van der Waals surface area contributed by atoms with E-state index >= 15 is 0 Å². The number of rotatable bonds is 6. The molecule has 0 spiro atoms. The Morgan fingerprint density at radius 2 is 1.95 bits per heavy atom. The van der Waals surface area contributed by atoms with E-state index in [-0.39, 0.29) is 0 Å². The van der Waals surface area contributed by atoms with Crippen molar-refractivity contribution in [2.75, 3.05) is 26.2 Å². The lowest BCUT2D eigenvalue weighted by Gasteiger charge is -2.32. The van der Waals surface area contributed by atoms with Crippen molar-refractivity contribution in [3.8, 4) is 0 Å². The summed E-state index contributed by atoms with van der Waals surface area (Å²) in [5.74, 6) is 0. The van der Waals surface area contributed by atoms with Crippen LogP contribution in [0, 0.1) is 0 Å². The van der Waals surface area contributed by atoms with Crippen molar-refractivity contribution in [3.63, 3.8) is 0 Å². The molecular weight excluding hydrogens is 260 g/mol. The monoisotopic (exact) mass is 288 g/mol. The highest BCUT2D eigenvalue weighted by molar-refractivity contribution is 5.17. The van der Waals surface area contributed by atoms with Gasteiger partial charge in [-0.15, -0.1) is 0 Å². The van der Waals surface area contributed by atoms with Crippen molar-refractivity contribution in [2.45, 2.75) is 38.8 Å². The second kappa shape index (κ2) is 8.32. The number of hydrogen-bond acceptors (Lipinski definition) is 3. The number of allylic oxidation sites excluding steroid dienone is 1. The highest BCUT2D eigenvalue weighted by atomic mass is 16.3. The minimum absolute atomic E-state index is 0.407. The zero-order chi connectivity index (χ0) is 15.1. The molecule has 2 rings (SSSR count). The second-order valence-corrected chi connectivity index (χ2v) is 6.19. The third kappa shape index (κ3) is 5.62. The Kier molecular flexibility index (Phi) is 6.43. The molecule has 1 unspecified atom stereocenters. The smallest absolute Gasteiger partial charge is 0.0914 e. The summed E-state index contributed by atoms with van der Waals surface area (Å²) in [4.78, 5) is 2.50. The van der Waals surface area contributed by atoms with Crippen molar-refractivity contribution >= 4 is 0 Å². The third-order valence-electron chi connectivity index (χ3n) is 4.13. The van der Waals surface area contributed by atoms with E-state index in [1.165, 1.54) is 5.57 Å². The molecule has 116 valence electrons. The van der Waals surface area contributed by atoms with Crippen molar-refractivity contribution in [2.24, 2.45) is 0 Å². The Labute approximate surface area is 128 Å². The quantitative estimate of drug-likeness (QED) is 0.790. The van der Waals surface area contributed by atoms with Gasteiger partial charge in [-0.1, -0.05) is 42.0 Å². The zero-order valence-electron chi connectivity index (χ0n) is 13.3. The first kappa shape index (κ1) is 16.2. The van der Waals surface area contributed by atoms with Gasteiger partial charge in [0.1, 0.15) is 0 Å². The number of nitrogens with one attached hydrogen (secondary N) is 1. The fourth-order valence-corrected chi connectivity index (χ4v) is 2.70. The van der Waals surface area contributed by atoms with Gasteiger partial charge in [-0.2, -0.15) is 0 Å². The molecule has 0 amide bonds. The molecule has 2 N–H and O–H groups in total. The second-order valence-electron chi connectivity index (χ2n) is 6.19. The van der Waals surface area contributed by atoms with E-state index in [0.717, 1.165) is 38.0 Å². The van der Waals surface area contributed by atoms with Crippen LogP contribution in [0.25, 0.3) is 0 Å². The molecule has 0 aliphatic carbocycles. The van der Waals surface area contributed by atoms with E-state index in [0.29, 0.717) is 12.6 Å². The minimum atomic E-state index is -0.407. The lowest BCUT2D eigenvalue weighted by atomic mass is 10.0. The maximum absolute atomic E-state index is 10.2. The van der Waals surface area contributed by atoms with Crippen LogP contribution in [0.5, 0.6) is 0 Å². The topological polar surface area (TPSA) is 35.5 Å². The predicted molar refractivity (Wildman–Crippen MR) is 88.3 cm³/mol. The van der Waals surface area contributed by atoms with Crippen molar-refractivity contribution < 1.29 is 5.11 Å². The molecule has 21 heavy (non-hydrogen) atoms. The molecule has 3 nitrogen and oxygen atoms in total. The molecule has 1 heterocycles. The molecular formula is C18H28N2O. The van der Waals surface area contributed by atoms with Gasteiger partial charge in [0, 0.05) is 19.1 Å². The molecule has 1 aliphatic rings. The maximum atomic E-state index is 10.2. The number of likely N-dealkylation sites (tertiary alicyclic amines) is 1. The molecule has 1 aliphatic heterocycles. The van der Waals surface area contributed by atoms with E-state index in [1.54, 1.807) is 0 Å². The van der Waals surface area contributed by atoms with Gasteiger partial charge in [0.25, 0.3) is 0 Å². The number of piperidine rings is 1. The zero-order valence-corrected chi connectivity index (χ0v) is 13.3. The first-order valence-electron chi connectivity index (χ1n) is 7.97. The standard InChI is InChI=1S/C18H28N2O/c1-15(2)8-11-20-12-9-17(10-13-20)19-14-18(21)16-6-4-3-5-7-16/h3-8,17-19,21H,9-14H2,1-2H3. The van der Waals surface area contributed by atoms with Gasteiger partial charge in [-0.25, -0.2) is 0 Å². The van der Waals surface area contributed by atoms with Crippen molar-refractivity contribution in [3.05, 3.63) is 47.5 Å². The predicted octanol–water partition coefficient (Wildman–Crippen LogP) is 2.74. The fourth-order valence-electron chi connectivity index (χ4n) is 2.70. The molecule has 3 heteroatoms. The fraction of sp³-hybridized carbons (Fsp3) is 0.556. The van der Waals surface area contributed by atoms with Crippen LogP contribution in [0.4, 0.5) is 0 Å². The van der Waals surface area contributed by atoms with Gasteiger partial charge < -0.3 is 10.4 Å². The number of hydrogen-bond donors (Lipinski definition) is 2. The number of aliphatic hydroxyl groups excluding tert-OH is 1. The summed E-state index contributed by atoms with van der Waals surface area (Å²) >= 11 is 0. The van der Waals surface area contributed by atoms with E-state index in [4.69, 9.17) is 0 Å². The molecule has 0 bridgehead atoms. The SMILES string of the molecule is CC(C)=CCN1CCC(NCC(O)c2ccccc2)CC1. The first-order valence-corrected chi connectivity index (χ1v) is 7.97. The minimum Gasteiger partial charge on any atom is -0.387 e. The van der Waals surface area contributed by atoms with E-state index in [1.807, 2.05) is 30.3 Å². The third-order valence-corrected chi connectivity index (χ3v) is 4.13. The lowest BCUT2D eigenvalue weighted by molar-refractivity contribution is 0.155. The largest absolute Gasteiger partial charge is 0.387 e. The molecule has 0 radical (unpaired) electrons. The van der Waals surface area contributed by atoms with Gasteiger partial charge in [-0.05, 0) is 45.3 Å². The van der Waals surface area contributed by atoms with Crippen molar-refractivity contribution in [1.29, 1.82) is 0 Å². The normalized spacial score (nSPS) is 18.4. The van der Waals surface area contributed by atoms with E-state index < -0.39 is 6.10 Å². The van der Waals surface area contributed by atoms with Crippen LogP contribution in [0.3, 0.4) is 0 Å². The summed E-state index contributed by atoms with van der Waals surface area (Å²) in [5, 5.41) is 13.7. The molecule has 1 fully saturated rings. The first-order chi connectivity index (χ1) is 10.1. The molecule has 1 aromatic rings. The summed E-state index contributed by atoms with van der Waals surface area (Å²) < 4.78 is 0. The van der Waals surface area contributed by atoms with Crippen LogP contribution in [0.1, 0.15) is 38.4 Å². The average Bonchev–Trinajstić information content (AvgIpc) is 2.52. The highest BCUT2D eigenvalue weighted by Crippen LogP contribution is 2.14. The van der Waals surface area contributed by atoms with Gasteiger partial charge in [-0.3, -0.25) is 4.90 Å². The molecule has 0 saturated carbocycles. The number of aliphatic hydroxyl groups is 1. The summed E-state index contributed by atoms with van der Waals surface area (Å²) in [5.41, 5.74) is 2.38. The van der Waals surface area contributed by atoms with Gasteiger partial charge in [0.2, 0.25) is 0 Å². The van der Waals surface area contributed by atoms with Crippen LogP contribution in [-0.2, 0) is 0 Å². The van der Waals surface area contributed by atoms with Crippen LogP contribution < -0.4 is 5.32 Å². The van der Waals surface area contributed by atoms with Crippen molar-refractivity contribution in [1.82, 2.24) is 10.2 Å². The van der Waals surface area contributed by atoms with Crippen LogP contribution in [0.15, 0.2) is 42.0 Å². The number of nitrogens with zero attached hydrogens (tertiary/aromatic N) is 1. The molecule has 1 aromatic carbocycles. The van der Waals surface area contributed by atoms with Crippen LogP contribution in [0.2, 0.25) is 0 Å². The summed E-state index contributed by atoms with van der Waals surface area (Å²) in [6, 6.07) is 10.4. The summed E-state index contributed by atoms with van der Waals surface area (Å²) in [6.45, 7) is 8.30. The Bertz CT molecular complexity index is 432. The average molecular weight is 288 g/mol. The highest BCUT2D eigenvalue weighted by Gasteiger charge is 2.19. The summed E-state index contributed by atoms with van der Waals surface area (Å²) in [7, 11) is 0. The Morgan fingerprint density at radius 1 is 1.29 bits per heavy atom. The lowest BCUT2D eigenvalue weighted by Crippen LogP contribution is -2.43. The Hall–Kier alpha value is -1.16. The maximum Gasteiger partial charge on any atom is 0.0914 e. The molecule has 1 saturated heterocycles. The van der Waals surface area contributed by atoms with Gasteiger partial charge >= 0.3 is 0 Å². The number of benzene rings is 1. The van der Waals surface area contributed by atoms with Gasteiger partial charge in [0.15, 0.2) is 0 Å². The van der Waals surface area contributed by atoms with Crippen LogP contribution >= 0.6 is 0 Å². The van der Waals surface area contributed by atoms with E-state index in [9.17, 15) is 5.11 Å². The molecule has 1 atom stereocenters. The Balaban J connectivity index is 1.68. The van der Waals surface area contributed by atoms with Gasteiger partial charge in [0.05, 0.1) is 6.10 Å². The van der Waals surface area contributed by atoms with E-state index in [2.05, 4.69) is 30.1 Å². The summed E-state index contributed by atoms with van der Waals surface area (Å²) in [6.07, 6.45) is 4.22. The Morgan fingerprint density at radius 3 is 2.57 bits per heavy atom.